The molecule has 0 aliphatic heterocycles. The van der Waals surface area contributed by atoms with Gasteiger partial charge in [0.15, 0.2) is 0 Å². The van der Waals surface area contributed by atoms with Crippen molar-refractivity contribution in [2.75, 3.05) is 12.4 Å². The standard InChI is InChI=1S/C15H15NO3S/c1-11-3-2-4-12(9-11)19-7-8-20-13-5-6-16-14(10-13)15(17)18/h2-6,9-10H,7-8H2,1H3,(H,17,18). The lowest BCUT2D eigenvalue weighted by Crippen LogP contribution is -2.01. The molecule has 0 aliphatic rings. The molecule has 104 valence electrons. The number of rotatable bonds is 6. The number of hydrogen-bond donors (Lipinski definition) is 1. The Bertz CT molecular complexity index is 601. The Kier molecular flexibility index (Phi) is 5.01. The molecular formula is C15H15NO3S. The summed E-state index contributed by atoms with van der Waals surface area (Å²) in [4.78, 5) is 15.5. The van der Waals surface area contributed by atoms with E-state index in [1.807, 2.05) is 31.2 Å². The maximum atomic E-state index is 10.8. The number of carboxylic acids is 1. The van der Waals surface area contributed by atoms with E-state index in [0.29, 0.717) is 6.61 Å². The van der Waals surface area contributed by atoms with Gasteiger partial charge in [0, 0.05) is 16.8 Å². The summed E-state index contributed by atoms with van der Waals surface area (Å²) in [6.45, 7) is 2.59. The smallest absolute Gasteiger partial charge is 0.354 e. The molecule has 0 saturated heterocycles. The second-order valence-corrected chi connectivity index (χ2v) is 5.36. The van der Waals surface area contributed by atoms with Crippen molar-refractivity contribution in [3.05, 3.63) is 53.9 Å². The molecule has 0 spiro atoms. The van der Waals surface area contributed by atoms with Crippen molar-refractivity contribution in [3.8, 4) is 5.75 Å². The zero-order valence-electron chi connectivity index (χ0n) is 11.1. The minimum absolute atomic E-state index is 0.0644. The summed E-state index contributed by atoms with van der Waals surface area (Å²) < 4.78 is 5.63. The minimum Gasteiger partial charge on any atom is -0.493 e. The van der Waals surface area contributed by atoms with Crippen molar-refractivity contribution in [3.63, 3.8) is 0 Å². The lowest BCUT2D eigenvalue weighted by Gasteiger charge is -2.07. The first-order valence-corrected chi connectivity index (χ1v) is 7.15. The average molecular weight is 289 g/mol. The third-order valence-corrected chi connectivity index (χ3v) is 3.52. The van der Waals surface area contributed by atoms with Crippen LogP contribution in [0.15, 0.2) is 47.5 Å². The fraction of sp³-hybridized carbons (Fsp3) is 0.200. The first-order valence-electron chi connectivity index (χ1n) is 6.17. The van der Waals surface area contributed by atoms with Crippen LogP contribution in [0.4, 0.5) is 0 Å². The zero-order chi connectivity index (χ0) is 14.4. The highest BCUT2D eigenvalue weighted by Gasteiger charge is 2.05. The molecule has 0 atom stereocenters. The second-order valence-electron chi connectivity index (χ2n) is 4.20. The molecule has 0 saturated carbocycles. The Morgan fingerprint density at radius 2 is 2.20 bits per heavy atom. The van der Waals surface area contributed by atoms with Gasteiger partial charge in [-0.1, -0.05) is 12.1 Å². The molecule has 2 rings (SSSR count). The van der Waals surface area contributed by atoms with E-state index < -0.39 is 5.97 Å². The van der Waals surface area contributed by atoms with Gasteiger partial charge in [-0.15, -0.1) is 11.8 Å². The SMILES string of the molecule is Cc1cccc(OCCSc2ccnc(C(=O)O)c2)c1. The molecule has 1 aromatic heterocycles. The quantitative estimate of drug-likeness (QED) is 0.653. The van der Waals surface area contributed by atoms with Crippen LogP contribution in [0.1, 0.15) is 16.1 Å². The number of hydrogen-bond acceptors (Lipinski definition) is 4. The van der Waals surface area contributed by atoms with Gasteiger partial charge in [0.1, 0.15) is 11.4 Å². The molecule has 4 nitrogen and oxygen atoms in total. The summed E-state index contributed by atoms with van der Waals surface area (Å²) in [6, 6.07) is 11.3. The number of pyridine rings is 1. The molecule has 1 aromatic carbocycles. The molecular weight excluding hydrogens is 274 g/mol. The van der Waals surface area contributed by atoms with Crippen LogP contribution in [-0.4, -0.2) is 28.4 Å². The second kappa shape index (κ2) is 6.96. The van der Waals surface area contributed by atoms with Crippen LogP contribution in [0.25, 0.3) is 0 Å². The van der Waals surface area contributed by atoms with E-state index >= 15 is 0 Å². The number of nitrogens with zero attached hydrogens (tertiary/aromatic N) is 1. The van der Waals surface area contributed by atoms with Gasteiger partial charge < -0.3 is 9.84 Å². The Labute approximate surface area is 121 Å². The van der Waals surface area contributed by atoms with Crippen LogP contribution in [-0.2, 0) is 0 Å². The van der Waals surface area contributed by atoms with Crippen LogP contribution >= 0.6 is 11.8 Å². The Hall–Kier alpha value is -2.01. The average Bonchev–Trinajstić information content (AvgIpc) is 2.44. The van der Waals surface area contributed by atoms with Crippen LogP contribution in [0.5, 0.6) is 5.75 Å². The van der Waals surface area contributed by atoms with Crippen molar-refractivity contribution >= 4 is 17.7 Å². The van der Waals surface area contributed by atoms with Gasteiger partial charge in [0.05, 0.1) is 6.61 Å². The normalized spacial score (nSPS) is 10.2. The number of thioether (sulfide) groups is 1. The summed E-state index contributed by atoms with van der Waals surface area (Å²) in [5.74, 6) is 0.590. The highest BCUT2D eigenvalue weighted by atomic mass is 32.2. The number of aromatic nitrogens is 1. The summed E-state index contributed by atoms with van der Waals surface area (Å²) in [5.41, 5.74) is 1.23. The highest BCUT2D eigenvalue weighted by Crippen LogP contribution is 2.19. The van der Waals surface area contributed by atoms with E-state index in [-0.39, 0.29) is 5.69 Å². The largest absolute Gasteiger partial charge is 0.493 e. The first-order chi connectivity index (χ1) is 9.65. The van der Waals surface area contributed by atoms with E-state index in [4.69, 9.17) is 9.84 Å². The third-order valence-electron chi connectivity index (χ3n) is 2.56. The summed E-state index contributed by atoms with van der Waals surface area (Å²) >= 11 is 1.55. The Morgan fingerprint density at radius 3 is 2.95 bits per heavy atom. The lowest BCUT2D eigenvalue weighted by atomic mass is 10.2. The van der Waals surface area contributed by atoms with Gasteiger partial charge in [-0.25, -0.2) is 9.78 Å². The highest BCUT2D eigenvalue weighted by molar-refractivity contribution is 7.99. The lowest BCUT2D eigenvalue weighted by molar-refractivity contribution is 0.0690. The molecule has 2 aromatic rings. The third kappa shape index (κ3) is 4.28. The Balaban J connectivity index is 1.81. The van der Waals surface area contributed by atoms with Gasteiger partial charge in [0.25, 0.3) is 0 Å². The summed E-state index contributed by atoms with van der Waals surface area (Å²) in [7, 11) is 0. The van der Waals surface area contributed by atoms with Gasteiger partial charge in [-0.2, -0.15) is 0 Å². The fourth-order valence-electron chi connectivity index (χ4n) is 1.64. The van der Waals surface area contributed by atoms with Crippen molar-refractivity contribution in [2.45, 2.75) is 11.8 Å². The van der Waals surface area contributed by atoms with E-state index in [0.717, 1.165) is 22.0 Å². The Morgan fingerprint density at radius 1 is 1.35 bits per heavy atom. The predicted molar refractivity (Wildman–Crippen MR) is 78.6 cm³/mol. The first kappa shape index (κ1) is 14.4. The predicted octanol–water partition coefficient (Wildman–Crippen LogP) is 3.26. The fourth-order valence-corrected chi connectivity index (χ4v) is 2.40. The van der Waals surface area contributed by atoms with Crippen LogP contribution < -0.4 is 4.74 Å². The van der Waals surface area contributed by atoms with Crippen LogP contribution in [0.3, 0.4) is 0 Å². The van der Waals surface area contributed by atoms with E-state index in [9.17, 15) is 4.79 Å². The number of carboxylic acid groups (broad SMARTS) is 1. The number of benzene rings is 1. The van der Waals surface area contributed by atoms with Crippen LogP contribution in [0, 0.1) is 6.92 Å². The van der Waals surface area contributed by atoms with Crippen molar-refractivity contribution in [2.24, 2.45) is 0 Å². The van der Waals surface area contributed by atoms with E-state index in [1.54, 1.807) is 23.9 Å². The van der Waals surface area contributed by atoms with Crippen molar-refractivity contribution < 1.29 is 14.6 Å². The topological polar surface area (TPSA) is 59.4 Å². The monoisotopic (exact) mass is 289 g/mol. The molecule has 0 amide bonds. The van der Waals surface area contributed by atoms with Gasteiger partial charge >= 0.3 is 5.97 Å². The molecule has 0 bridgehead atoms. The van der Waals surface area contributed by atoms with Gasteiger partial charge in [0.2, 0.25) is 0 Å². The maximum absolute atomic E-state index is 10.8. The van der Waals surface area contributed by atoms with Crippen molar-refractivity contribution in [1.82, 2.24) is 4.98 Å². The number of aryl methyl sites for hydroxylation is 1. The molecule has 5 heteroatoms. The number of carbonyl (C=O) groups is 1. The molecule has 0 unspecified atom stereocenters. The summed E-state index contributed by atoms with van der Waals surface area (Å²) in [5, 5.41) is 8.86. The molecule has 20 heavy (non-hydrogen) atoms. The molecule has 1 N–H and O–H groups in total. The molecule has 0 radical (unpaired) electrons. The maximum Gasteiger partial charge on any atom is 0.354 e. The van der Waals surface area contributed by atoms with Gasteiger partial charge in [-0.05, 0) is 36.8 Å². The molecule has 0 fully saturated rings. The summed E-state index contributed by atoms with van der Waals surface area (Å²) in [6.07, 6.45) is 1.51. The van der Waals surface area contributed by atoms with Gasteiger partial charge in [-0.3, -0.25) is 0 Å². The van der Waals surface area contributed by atoms with Crippen LogP contribution in [0.2, 0.25) is 0 Å². The number of ether oxygens (including phenoxy) is 1. The molecule has 0 aliphatic carbocycles. The number of aromatic carboxylic acids is 1. The van der Waals surface area contributed by atoms with E-state index in [2.05, 4.69) is 4.98 Å². The van der Waals surface area contributed by atoms with E-state index in [1.165, 1.54) is 6.20 Å². The van der Waals surface area contributed by atoms with Crippen molar-refractivity contribution in [1.29, 1.82) is 0 Å². The zero-order valence-corrected chi connectivity index (χ0v) is 11.9. The minimum atomic E-state index is -1.01. The molecule has 1 heterocycles.